The van der Waals surface area contributed by atoms with E-state index in [4.69, 9.17) is 19.9 Å². The third-order valence-electron chi connectivity index (χ3n) is 9.78. The lowest BCUT2D eigenvalue weighted by Gasteiger charge is -2.12. The highest BCUT2D eigenvalue weighted by molar-refractivity contribution is 5.86. The van der Waals surface area contributed by atoms with E-state index in [-0.39, 0.29) is 0 Å². The molecule has 6 heteroatoms. The topological polar surface area (TPSA) is 60.4 Å². The number of benzene rings is 5. The highest BCUT2D eigenvalue weighted by Gasteiger charge is 2.19. The van der Waals surface area contributed by atoms with Gasteiger partial charge in [-0.1, -0.05) is 140 Å². The van der Waals surface area contributed by atoms with Gasteiger partial charge in [0.05, 0.1) is 34.2 Å². The molecule has 0 spiro atoms. The average molecular weight is 693 g/mol. The van der Waals surface area contributed by atoms with Crippen molar-refractivity contribution in [1.29, 1.82) is 0 Å². The zero-order valence-electron chi connectivity index (χ0n) is 29.2. The van der Waals surface area contributed by atoms with Crippen molar-refractivity contribution in [2.24, 2.45) is 0 Å². The summed E-state index contributed by atoms with van der Waals surface area (Å²) in [5, 5.41) is 0. The minimum absolute atomic E-state index is 0.661. The standard InChI is InChI=1S/C48H32N6/c1-4-16-33(17-5-1)46-44(51-42-26-10-12-28-53(42)46)38-24-14-22-36(30-38)40-32-41(50-48(49-40)35-20-8-3-9-21-35)37-23-15-25-39(31-37)45-47(34-18-6-2-7-19-34)54-29-13-11-27-43(54)52-45/h1-32H. The van der Waals surface area contributed by atoms with Crippen LogP contribution in [-0.2, 0) is 0 Å². The molecule has 254 valence electrons. The molecule has 5 aromatic heterocycles. The average Bonchev–Trinajstić information content (AvgIpc) is 3.84. The van der Waals surface area contributed by atoms with Crippen LogP contribution in [-0.4, -0.2) is 28.7 Å². The normalized spacial score (nSPS) is 11.3. The number of hydrogen-bond donors (Lipinski definition) is 0. The summed E-state index contributed by atoms with van der Waals surface area (Å²) in [6.45, 7) is 0. The summed E-state index contributed by atoms with van der Waals surface area (Å²) in [5.41, 5.74) is 14.5. The van der Waals surface area contributed by atoms with Gasteiger partial charge in [0.1, 0.15) is 11.3 Å². The van der Waals surface area contributed by atoms with Crippen molar-refractivity contribution in [2.45, 2.75) is 0 Å². The molecule has 0 unspecified atom stereocenters. The summed E-state index contributed by atoms with van der Waals surface area (Å²) in [6.07, 6.45) is 4.15. The lowest BCUT2D eigenvalue weighted by Crippen LogP contribution is -1.96. The van der Waals surface area contributed by atoms with Gasteiger partial charge in [-0.05, 0) is 42.5 Å². The third-order valence-corrected chi connectivity index (χ3v) is 9.78. The van der Waals surface area contributed by atoms with Crippen LogP contribution in [0.5, 0.6) is 0 Å². The van der Waals surface area contributed by atoms with E-state index in [1.165, 1.54) is 0 Å². The van der Waals surface area contributed by atoms with E-state index in [2.05, 4.69) is 136 Å². The maximum Gasteiger partial charge on any atom is 0.160 e. The van der Waals surface area contributed by atoms with Crippen molar-refractivity contribution in [1.82, 2.24) is 28.7 Å². The summed E-state index contributed by atoms with van der Waals surface area (Å²) < 4.78 is 4.32. The number of rotatable bonds is 7. The molecular formula is C48H32N6. The molecule has 5 aromatic carbocycles. The van der Waals surface area contributed by atoms with Gasteiger partial charge in [-0.2, -0.15) is 0 Å². The fourth-order valence-electron chi connectivity index (χ4n) is 7.25. The summed E-state index contributed by atoms with van der Waals surface area (Å²) >= 11 is 0. The Bertz CT molecular complexity index is 2750. The second-order valence-electron chi connectivity index (χ2n) is 13.2. The quantitative estimate of drug-likeness (QED) is 0.167. The summed E-state index contributed by atoms with van der Waals surface area (Å²) in [7, 11) is 0. The summed E-state index contributed by atoms with van der Waals surface area (Å²) in [4.78, 5) is 20.6. The zero-order valence-corrected chi connectivity index (χ0v) is 29.2. The highest BCUT2D eigenvalue weighted by Crippen LogP contribution is 2.37. The number of aromatic nitrogens is 6. The monoisotopic (exact) mass is 692 g/mol. The Labute approximate surface area is 312 Å². The fourth-order valence-corrected chi connectivity index (χ4v) is 7.25. The smallest absolute Gasteiger partial charge is 0.160 e. The van der Waals surface area contributed by atoms with Crippen LogP contribution >= 0.6 is 0 Å². The van der Waals surface area contributed by atoms with Gasteiger partial charge in [0.25, 0.3) is 0 Å². The Kier molecular flexibility index (Phi) is 7.69. The largest absolute Gasteiger partial charge is 0.299 e. The van der Waals surface area contributed by atoms with E-state index in [0.717, 1.165) is 84.4 Å². The molecule has 5 heterocycles. The third kappa shape index (κ3) is 5.63. The molecule has 0 aliphatic carbocycles. The second kappa shape index (κ2) is 13.3. The van der Waals surface area contributed by atoms with Crippen LogP contribution < -0.4 is 0 Å². The van der Waals surface area contributed by atoms with Crippen molar-refractivity contribution < 1.29 is 0 Å². The maximum absolute atomic E-state index is 5.17. The molecule has 0 aliphatic rings. The van der Waals surface area contributed by atoms with Gasteiger partial charge in [-0.15, -0.1) is 0 Å². The van der Waals surface area contributed by atoms with Crippen LogP contribution in [0.1, 0.15) is 0 Å². The molecule has 0 aliphatic heterocycles. The van der Waals surface area contributed by atoms with Crippen LogP contribution in [0.3, 0.4) is 0 Å². The van der Waals surface area contributed by atoms with Crippen LogP contribution in [0.25, 0.3) is 90.2 Å². The Morgan fingerprint density at radius 1 is 0.296 bits per heavy atom. The molecule has 0 N–H and O–H groups in total. The molecule has 10 rings (SSSR count). The number of imidazole rings is 2. The summed E-state index contributed by atoms with van der Waals surface area (Å²) in [5.74, 6) is 0.661. The van der Waals surface area contributed by atoms with Crippen LogP contribution in [0.2, 0.25) is 0 Å². The first-order valence-electron chi connectivity index (χ1n) is 18.0. The van der Waals surface area contributed by atoms with Crippen molar-refractivity contribution in [3.8, 4) is 78.9 Å². The first kappa shape index (κ1) is 31.3. The van der Waals surface area contributed by atoms with Gasteiger partial charge < -0.3 is 0 Å². The number of nitrogens with zero attached hydrogens (tertiary/aromatic N) is 6. The zero-order chi connectivity index (χ0) is 35.8. The second-order valence-corrected chi connectivity index (χ2v) is 13.2. The van der Waals surface area contributed by atoms with Crippen molar-refractivity contribution >= 4 is 11.3 Å². The summed E-state index contributed by atoms with van der Waals surface area (Å²) in [6, 6.07) is 62.4. The van der Waals surface area contributed by atoms with E-state index < -0.39 is 0 Å². The Balaban J connectivity index is 1.12. The van der Waals surface area contributed by atoms with Gasteiger partial charge in [-0.3, -0.25) is 8.80 Å². The van der Waals surface area contributed by atoms with Gasteiger partial charge in [0, 0.05) is 51.3 Å². The van der Waals surface area contributed by atoms with E-state index in [1.807, 2.05) is 66.7 Å². The molecule has 0 bridgehead atoms. The molecule has 0 amide bonds. The molecular weight excluding hydrogens is 661 g/mol. The lowest BCUT2D eigenvalue weighted by molar-refractivity contribution is 1.18. The first-order chi connectivity index (χ1) is 26.8. The molecule has 0 fully saturated rings. The van der Waals surface area contributed by atoms with Crippen LogP contribution in [0.4, 0.5) is 0 Å². The molecule has 0 radical (unpaired) electrons. The molecule has 6 nitrogen and oxygen atoms in total. The molecule has 54 heavy (non-hydrogen) atoms. The predicted octanol–water partition coefficient (Wildman–Crippen LogP) is 11.4. The highest BCUT2D eigenvalue weighted by atomic mass is 15.0. The van der Waals surface area contributed by atoms with Gasteiger partial charge >= 0.3 is 0 Å². The molecule has 10 aromatic rings. The lowest BCUT2D eigenvalue weighted by atomic mass is 9.99. The van der Waals surface area contributed by atoms with Crippen molar-refractivity contribution in [3.63, 3.8) is 0 Å². The number of hydrogen-bond acceptors (Lipinski definition) is 4. The SMILES string of the molecule is c1ccc(-c2nc(-c3cccc(-c4nc5ccccn5c4-c4ccccc4)c3)cc(-c3cccc(-c4nc5ccccn5c4-c4ccccc4)c3)n2)cc1. The van der Waals surface area contributed by atoms with E-state index >= 15 is 0 Å². The van der Waals surface area contributed by atoms with E-state index in [9.17, 15) is 0 Å². The van der Waals surface area contributed by atoms with Crippen molar-refractivity contribution in [3.05, 3.63) is 194 Å². The first-order valence-corrected chi connectivity index (χ1v) is 18.0. The fraction of sp³-hybridized carbons (Fsp3) is 0. The Morgan fingerprint density at radius 2 is 0.685 bits per heavy atom. The van der Waals surface area contributed by atoms with E-state index in [0.29, 0.717) is 5.82 Å². The number of fused-ring (bicyclic) bond motifs is 2. The van der Waals surface area contributed by atoms with Gasteiger partial charge in [-0.25, -0.2) is 19.9 Å². The molecule has 0 saturated carbocycles. The minimum Gasteiger partial charge on any atom is -0.299 e. The van der Waals surface area contributed by atoms with Crippen molar-refractivity contribution in [2.75, 3.05) is 0 Å². The van der Waals surface area contributed by atoms with Crippen LogP contribution in [0.15, 0.2) is 194 Å². The predicted molar refractivity (Wildman–Crippen MR) is 218 cm³/mol. The maximum atomic E-state index is 5.17. The van der Waals surface area contributed by atoms with E-state index in [1.54, 1.807) is 0 Å². The Morgan fingerprint density at radius 3 is 1.15 bits per heavy atom. The Hall–Kier alpha value is -7.44. The van der Waals surface area contributed by atoms with Gasteiger partial charge in [0.15, 0.2) is 5.82 Å². The van der Waals surface area contributed by atoms with Crippen LogP contribution in [0, 0.1) is 0 Å². The van der Waals surface area contributed by atoms with Gasteiger partial charge in [0.2, 0.25) is 0 Å². The molecule has 0 saturated heterocycles. The minimum atomic E-state index is 0.661. The molecule has 0 atom stereocenters. The number of pyridine rings is 2.